The van der Waals surface area contributed by atoms with Gasteiger partial charge in [-0.2, -0.15) is 10.2 Å². The van der Waals surface area contributed by atoms with E-state index in [1.165, 1.54) is 12.1 Å². The number of non-ortho nitro benzene ring substituents is 1. The van der Waals surface area contributed by atoms with Crippen LogP contribution in [0.1, 0.15) is 5.56 Å². The quantitative estimate of drug-likeness (QED) is 0.187. The Labute approximate surface area is 204 Å². The van der Waals surface area contributed by atoms with E-state index in [4.69, 9.17) is 11.6 Å². The first kappa shape index (κ1) is 25.3. The summed E-state index contributed by atoms with van der Waals surface area (Å²) in [5.74, 6) is 0. The van der Waals surface area contributed by atoms with Crippen LogP contribution in [0.15, 0.2) is 81.8 Å². The third kappa shape index (κ3) is 6.37. The molecule has 0 atom stereocenters. The summed E-state index contributed by atoms with van der Waals surface area (Å²) in [5.41, 5.74) is 4.96. The summed E-state index contributed by atoms with van der Waals surface area (Å²) in [6, 6.07) is 15.3. The van der Waals surface area contributed by atoms with Gasteiger partial charge in [-0.1, -0.05) is 29.3 Å². The van der Waals surface area contributed by atoms with Crippen molar-refractivity contribution in [2.75, 3.05) is 10.9 Å². The molecule has 0 heterocycles. The summed E-state index contributed by atoms with van der Waals surface area (Å²) in [6.07, 6.45) is 0.864. The summed E-state index contributed by atoms with van der Waals surface area (Å²) in [7, 11) is -4.15. The maximum Gasteiger partial charge on any atom is 0.301 e. The Hall–Kier alpha value is -4.36. The SMILES string of the molecule is Cc1ccc(S(=O)(=O)C(/C=N/Nc2ccc([N+](=O)[O-])cc2[N+](=O)[O-])=N\Nc2ccc(Cl)cc2)cc1. The maximum absolute atomic E-state index is 13.2. The van der Waals surface area contributed by atoms with Crippen molar-refractivity contribution in [3.8, 4) is 0 Å². The lowest BCUT2D eigenvalue weighted by molar-refractivity contribution is -0.393. The largest absolute Gasteiger partial charge is 0.301 e. The van der Waals surface area contributed by atoms with Gasteiger partial charge in [0, 0.05) is 11.1 Å². The number of hydrazone groups is 2. The molecule has 2 N–H and O–H groups in total. The monoisotopic (exact) mass is 516 g/mol. The van der Waals surface area contributed by atoms with Crippen LogP contribution in [0.4, 0.5) is 22.7 Å². The molecule has 0 aliphatic heterocycles. The molecule has 0 bridgehead atoms. The fourth-order valence-corrected chi connectivity index (χ4v) is 3.90. The highest BCUT2D eigenvalue weighted by Crippen LogP contribution is 2.29. The molecule has 3 aromatic carbocycles. The van der Waals surface area contributed by atoms with Crippen LogP contribution < -0.4 is 10.9 Å². The average molecular weight is 517 g/mol. The van der Waals surface area contributed by atoms with Crippen molar-refractivity contribution in [3.63, 3.8) is 0 Å². The van der Waals surface area contributed by atoms with E-state index in [9.17, 15) is 28.6 Å². The van der Waals surface area contributed by atoms with Crippen molar-refractivity contribution in [1.82, 2.24) is 0 Å². The van der Waals surface area contributed by atoms with Crippen molar-refractivity contribution in [3.05, 3.63) is 97.5 Å². The van der Waals surface area contributed by atoms with E-state index in [1.807, 2.05) is 0 Å². The molecule has 0 aliphatic rings. The summed E-state index contributed by atoms with van der Waals surface area (Å²) < 4.78 is 26.3. The van der Waals surface area contributed by atoms with E-state index in [0.29, 0.717) is 10.7 Å². The number of nitro groups is 2. The van der Waals surface area contributed by atoms with Crippen LogP contribution in [0.25, 0.3) is 0 Å². The Kier molecular flexibility index (Phi) is 7.73. The van der Waals surface area contributed by atoms with Gasteiger partial charge in [-0.25, -0.2) is 8.42 Å². The molecule has 0 radical (unpaired) electrons. The van der Waals surface area contributed by atoms with E-state index in [0.717, 1.165) is 30.0 Å². The number of hydrogen-bond acceptors (Lipinski definition) is 10. The van der Waals surface area contributed by atoms with Gasteiger partial charge in [-0.3, -0.25) is 31.1 Å². The van der Waals surface area contributed by atoms with Crippen LogP contribution >= 0.6 is 11.6 Å². The molecule has 0 fully saturated rings. The summed E-state index contributed by atoms with van der Waals surface area (Å²) in [6.45, 7) is 1.80. The molecule has 0 aromatic heterocycles. The van der Waals surface area contributed by atoms with Gasteiger partial charge >= 0.3 is 5.69 Å². The Balaban J connectivity index is 1.95. The topological polar surface area (TPSA) is 169 Å². The van der Waals surface area contributed by atoms with Gasteiger partial charge in [0.05, 0.1) is 32.7 Å². The number of nitrogens with zero attached hydrogens (tertiary/aromatic N) is 4. The van der Waals surface area contributed by atoms with Crippen LogP contribution in [0.5, 0.6) is 0 Å². The minimum absolute atomic E-state index is 0.0486. The Bertz CT molecular complexity index is 1420. The van der Waals surface area contributed by atoms with Gasteiger partial charge in [-0.05, 0) is 49.4 Å². The van der Waals surface area contributed by atoms with Gasteiger partial charge in [0.2, 0.25) is 9.84 Å². The van der Waals surface area contributed by atoms with Crippen LogP contribution in [0, 0.1) is 27.2 Å². The first-order valence-electron chi connectivity index (χ1n) is 9.71. The van der Waals surface area contributed by atoms with E-state index >= 15 is 0 Å². The van der Waals surface area contributed by atoms with Crippen molar-refractivity contribution in [2.45, 2.75) is 11.8 Å². The van der Waals surface area contributed by atoms with Gasteiger partial charge in [0.25, 0.3) is 5.69 Å². The number of benzene rings is 3. The highest BCUT2D eigenvalue weighted by atomic mass is 35.5. The average Bonchev–Trinajstić information content (AvgIpc) is 2.82. The Morgan fingerprint density at radius 2 is 1.60 bits per heavy atom. The molecular weight excluding hydrogens is 500 g/mol. The lowest BCUT2D eigenvalue weighted by Crippen LogP contribution is -2.19. The zero-order valence-electron chi connectivity index (χ0n) is 18.0. The molecular formula is C21H17ClN6O6S. The molecule has 35 heavy (non-hydrogen) atoms. The maximum atomic E-state index is 13.2. The summed E-state index contributed by atoms with van der Waals surface area (Å²) in [5, 5.41) is 29.9. The molecule has 14 heteroatoms. The highest BCUT2D eigenvalue weighted by Gasteiger charge is 2.23. The number of nitrogens with one attached hydrogen (secondary N) is 2. The van der Waals surface area contributed by atoms with Crippen molar-refractivity contribution < 1.29 is 18.3 Å². The van der Waals surface area contributed by atoms with E-state index in [2.05, 4.69) is 21.1 Å². The Morgan fingerprint density at radius 3 is 2.20 bits per heavy atom. The van der Waals surface area contributed by atoms with E-state index < -0.39 is 36.1 Å². The zero-order chi connectivity index (χ0) is 25.6. The predicted octanol–water partition coefficient (Wildman–Crippen LogP) is 4.76. The van der Waals surface area contributed by atoms with Gasteiger partial charge in [-0.15, -0.1) is 0 Å². The van der Waals surface area contributed by atoms with Crippen molar-refractivity contribution in [2.24, 2.45) is 10.2 Å². The van der Waals surface area contributed by atoms with E-state index in [1.54, 1.807) is 43.3 Å². The minimum Gasteiger partial charge on any atom is -0.277 e. The lowest BCUT2D eigenvalue weighted by atomic mass is 10.2. The molecule has 3 aromatic rings. The van der Waals surface area contributed by atoms with E-state index in [-0.39, 0.29) is 10.6 Å². The number of sulfone groups is 1. The molecule has 0 saturated carbocycles. The predicted molar refractivity (Wildman–Crippen MR) is 133 cm³/mol. The standard InChI is InChI=1S/C21H17ClN6O6S/c1-14-2-9-18(10-3-14)35(33,34)21(26-24-16-6-4-15(22)5-7-16)13-23-25-19-11-8-17(27(29)30)12-20(19)28(31)32/h2-13,24-25H,1H3/b23-13+,26-21-. The van der Waals surface area contributed by atoms with Gasteiger partial charge < -0.3 is 0 Å². The van der Waals surface area contributed by atoms with Crippen LogP contribution in [-0.4, -0.2) is 29.5 Å². The normalized spacial score (nSPS) is 11.9. The zero-order valence-corrected chi connectivity index (χ0v) is 19.5. The molecule has 180 valence electrons. The van der Waals surface area contributed by atoms with Crippen LogP contribution in [0.2, 0.25) is 5.02 Å². The Morgan fingerprint density at radius 1 is 0.943 bits per heavy atom. The molecule has 0 aliphatic carbocycles. The highest BCUT2D eigenvalue weighted by molar-refractivity contribution is 8.08. The second-order valence-electron chi connectivity index (χ2n) is 6.97. The first-order valence-corrected chi connectivity index (χ1v) is 11.6. The molecule has 12 nitrogen and oxygen atoms in total. The van der Waals surface area contributed by atoms with Crippen molar-refractivity contribution >= 4 is 55.4 Å². The van der Waals surface area contributed by atoms with Crippen LogP contribution in [-0.2, 0) is 9.84 Å². The number of aryl methyl sites for hydroxylation is 1. The van der Waals surface area contributed by atoms with Crippen LogP contribution in [0.3, 0.4) is 0 Å². The number of rotatable bonds is 8. The third-order valence-electron chi connectivity index (χ3n) is 4.49. The molecule has 3 rings (SSSR count). The number of halogens is 1. The fourth-order valence-electron chi connectivity index (χ4n) is 2.68. The second-order valence-corrected chi connectivity index (χ2v) is 9.30. The first-order chi connectivity index (χ1) is 16.6. The minimum atomic E-state index is -4.15. The van der Waals surface area contributed by atoms with Crippen molar-refractivity contribution in [1.29, 1.82) is 0 Å². The number of nitro benzene ring substituents is 2. The second kappa shape index (κ2) is 10.7. The number of hydrogen-bond donors (Lipinski definition) is 2. The summed E-state index contributed by atoms with van der Waals surface area (Å²) >= 11 is 5.85. The number of anilines is 2. The molecule has 0 saturated heterocycles. The molecule has 0 amide bonds. The van der Waals surface area contributed by atoms with Gasteiger partial charge in [0.15, 0.2) is 5.04 Å². The van der Waals surface area contributed by atoms with Gasteiger partial charge in [0.1, 0.15) is 5.69 Å². The third-order valence-corrected chi connectivity index (χ3v) is 6.39. The summed E-state index contributed by atoms with van der Waals surface area (Å²) in [4.78, 5) is 20.5. The lowest BCUT2D eigenvalue weighted by Gasteiger charge is -2.07. The molecule has 0 spiro atoms. The fraction of sp³-hybridized carbons (Fsp3) is 0.0476. The molecule has 0 unspecified atom stereocenters. The smallest absolute Gasteiger partial charge is 0.277 e.